The minimum absolute atomic E-state index is 0.00800. The second kappa shape index (κ2) is 8.80. The monoisotopic (exact) mass is 406 g/mol. The van der Waals surface area contributed by atoms with Crippen molar-refractivity contribution in [1.29, 1.82) is 0 Å². The Morgan fingerprint density at radius 1 is 1.25 bits per heavy atom. The van der Waals surface area contributed by atoms with E-state index in [1.165, 1.54) is 0 Å². The molecule has 6 heteroatoms. The number of carbonyl (C=O) groups is 1. The number of thiocarbonyl (C=S) groups is 1. The first kappa shape index (κ1) is 18.4. The smallest absolute Gasteiger partial charge is 0.264 e. The molecular weight excluding hydrogens is 388 g/mol. The predicted molar refractivity (Wildman–Crippen MR) is 103 cm³/mol. The normalized spacial score (nSPS) is 11.5. The van der Waals surface area contributed by atoms with Crippen molar-refractivity contribution >= 4 is 39.2 Å². The number of nitrogens with one attached hydrogen (secondary N) is 2. The van der Waals surface area contributed by atoms with Crippen LogP contribution in [0.25, 0.3) is 0 Å². The molecular formula is C18H19BrN2O2S. The van der Waals surface area contributed by atoms with Crippen LogP contribution in [0.15, 0.2) is 53.0 Å². The second-order valence-corrected chi connectivity index (χ2v) is 6.68. The Morgan fingerprint density at radius 3 is 2.62 bits per heavy atom. The minimum atomic E-state index is -0.296. The lowest BCUT2D eigenvalue weighted by Crippen LogP contribution is -2.42. The van der Waals surface area contributed by atoms with Crippen molar-refractivity contribution in [3.05, 3.63) is 64.1 Å². The Labute approximate surface area is 155 Å². The molecule has 126 valence electrons. The van der Waals surface area contributed by atoms with E-state index in [1.807, 2.05) is 62.4 Å². The molecule has 1 amide bonds. The third-order valence-electron chi connectivity index (χ3n) is 3.40. The summed E-state index contributed by atoms with van der Waals surface area (Å²) in [5, 5.41) is 6.00. The van der Waals surface area contributed by atoms with Gasteiger partial charge in [-0.25, -0.2) is 0 Å². The zero-order valence-corrected chi connectivity index (χ0v) is 15.9. The Morgan fingerprint density at radius 2 is 1.96 bits per heavy atom. The molecule has 0 spiro atoms. The van der Waals surface area contributed by atoms with E-state index in [0.717, 1.165) is 15.6 Å². The first-order valence-corrected chi connectivity index (χ1v) is 8.70. The lowest BCUT2D eigenvalue weighted by atomic mass is 10.1. The largest absolute Gasteiger partial charge is 0.483 e. The summed E-state index contributed by atoms with van der Waals surface area (Å²) in [6.45, 7) is 3.81. The summed E-state index contributed by atoms with van der Waals surface area (Å²) in [5.74, 6) is 0.375. The van der Waals surface area contributed by atoms with Gasteiger partial charge in [0.1, 0.15) is 5.75 Å². The lowest BCUT2D eigenvalue weighted by Gasteiger charge is -2.17. The number of hydrogen-bond acceptors (Lipinski definition) is 3. The average molecular weight is 407 g/mol. The molecule has 0 aliphatic carbocycles. The molecule has 0 radical (unpaired) electrons. The SMILES string of the molecule is Cc1cc(Br)ccc1OCC(=O)NC(=S)NC(C)c1ccccc1. The molecule has 0 aliphatic heterocycles. The van der Waals surface area contributed by atoms with Gasteiger partial charge < -0.3 is 15.4 Å². The Bertz CT molecular complexity index is 722. The summed E-state index contributed by atoms with van der Waals surface area (Å²) < 4.78 is 6.49. The maximum absolute atomic E-state index is 12.0. The van der Waals surface area contributed by atoms with E-state index in [2.05, 4.69) is 26.6 Å². The van der Waals surface area contributed by atoms with E-state index in [1.54, 1.807) is 0 Å². The van der Waals surface area contributed by atoms with Crippen LogP contribution in [0.1, 0.15) is 24.1 Å². The number of amides is 1. The number of benzene rings is 2. The number of ether oxygens (including phenoxy) is 1. The molecule has 2 rings (SSSR count). The average Bonchev–Trinajstić information content (AvgIpc) is 2.54. The highest BCUT2D eigenvalue weighted by atomic mass is 79.9. The molecule has 0 aromatic heterocycles. The first-order chi connectivity index (χ1) is 11.5. The van der Waals surface area contributed by atoms with Gasteiger partial charge in [0.2, 0.25) is 0 Å². The fourth-order valence-corrected chi connectivity index (χ4v) is 2.90. The van der Waals surface area contributed by atoms with Gasteiger partial charge in [-0.15, -0.1) is 0 Å². The number of halogens is 1. The van der Waals surface area contributed by atoms with Gasteiger partial charge in [-0.1, -0.05) is 46.3 Å². The fourth-order valence-electron chi connectivity index (χ4n) is 2.14. The molecule has 1 atom stereocenters. The van der Waals surface area contributed by atoms with Gasteiger partial charge in [0, 0.05) is 4.47 Å². The van der Waals surface area contributed by atoms with Crippen molar-refractivity contribution in [2.75, 3.05) is 6.61 Å². The van der Waals surface area contributed by atoms with Gasteiger partial charge in [-0.3, -0.25) is 4.79 Å². The second-order valence-electron chi connectivity index (χ2n) is 5.35. The highest BCUT2D eigenvalue weighted by molar-refractivity contribution is 9.10. The zero-order valence-electron chi connectivity index (χ0n) is 13.5. The molecule has 0 saturated heterocycles. The summed E-state index contributed by atoms with van der Waals surface area (Å²) >= 11 is 8.57. The van der Waals surface area contributed by atoms with Crippen molar-refractivity contribution < 1.29 is 9.53 Å². The van der Waals surface area contributed by atoms with Crippen LogP contribution in [0.3, 0.4) is 0 Å². The summed E-state index contributed by atoms with van der Waals surface area (Å²) in [6.07, 6.45) is 0. The van der Waals surface area contributed by atoms with E-state index in [4.69, 9.17) is 17.0 Å². The van der Waals surface area contributed by atoms with Gasteiger partial charge in [-0.2, -0.15) is 0 Å². The first-order valence-electron chi connectivity index (χ1n) is 7.50. The summed E-state index contributed by atoms with van der Waals surface area (Å²) in [6, 6.07) is 15.5. The maximum Gasteiger partial charge on any atom is 0.264 e. The lowest BCUT2D eigenvalue weighted by molar-refractivity contribution is -0.121. The van der Waals surface area contributed by atoms with Crippen molar-refractivity contribution in [2.45, 2.75) is 19.9 Å². The molecule has 2 N–H and O–H groups in total. The molecule has 0 fully saturated rings. The van der Waals surface area contributed by atoms with Crippen LogP contribution in [0.5, 0.6) is 5.75 Å². The zero-order chi connectivity index (χ0) is 17.5. The van der Waals surface area contributed by atoms with E-state index >= 15 is 0 Å². The van der Waals surface area contributed by atoms with Crippen LogP contribution in [-0.2, 0) is 4.79 Å². The molecule has 0 aliphatic rings. The highest BCUT2D eigenvalue weighted by Gasteiger charge is 2.10. The predicted octanol–water partition coefficient (Wildman–Crippen LogP) is 3.89. The van der Waals surface area contributed by atoms with Crippen LogP contribution in [0.2, 0.25) is 0 Å². The molecule has 0 saturated carbocycles. The summed E-state index contributed by atoms with van der Waals surface area (Å²) in [7, 11) is 0. The Kier molecular flexibility index (Phi) is 6.75. The van der Waals surface area contributed by atoms with Crippen LogP contribution in [0.4, 0.5) is 0 Å². The Hall–Kier alpha value is -1.92. The molecule has 2 aromatic rings. The molecule has 0 bridgehead atoms. The molecule has 0 heterocycles. The van der Waals surface area contributed by atoms with Crippen LogP contribution < -0.4 is 15.4 Å². The highest BCUT2D eigenvalue weighted by Crippen LogP contribution is 2.21. The minimum Gasteiger partial charge on any atom is -0.483 e. The summed E-state index contributed by atoms with van der Waals surface area (Å²) in [5.41, 5.74) is 2.05. The van der Waals surface area contributed by atoms with Crippen LogP contribution >= 0.6 is 28.1 Å². The molecule has 24 heavy (non-hydrogen) atoms. The van der Waals surface area contributed by atoms with E-state index < -0.39 is 0 Å². The third-order valence-corrected chi connectivity index (χ3v) is 4.11. The van der Waals surface area contributed by atoms with Crippen LogP contribution in [0, 0.1) is 6.92 Å². The fraction of sp³-hybridized carbons (Fsp3) is 0.222. The number of hydrogen-bond donors (Lipinski definition) is 2. The van der Waals surface area contributed by atoms with Gasteiger partial charge in [0.05, 0.1) is 6.04 Å². The quantitative estimate of drug-likeness (QED) is 0.739. The van der Waals surface area contributed by atoms with Crippen molar-refractivity contribution in [2.24, 2.45) is 0 Å². The van der Waals surface area contributed by atoms with Crippen LogP contribution in [-0.4, -0.2) is 17.6 Å². The third kappa shape index (κ3) is 5.62. The van der Waals surface area contributed by atoms with Crippen molar-refractivity contribution in [3.8, 4) is 5.75 Å². The number of carbonyl (C=O) groups excluding carboxylic acids is 1. The maximum atomic E-state index is 12.0. The molecule has 1 unspecified atom stereocenters. The van der Waals surface area contributed by atoms with Gasteiger partial charge in [-0.05, 0) is 55.4 Å². The van der Waals surface area contributed by atoms with E-state index in [9.17, 15) is 4.79 Å². The standard InChI is InChI=1S/C18H19BrN2O2S/c1-12-10-15(19)8-9-16(12)23-11-17(22)21-18(24)20-13(2)14-6-4-3-5-7-14/h3-10,13H,11H2,1-2H3,(H2,20,21,22,24). The van der Waals surface area contributed by atoms with Gasteiger partial charge >= 0.3 is 0 Å². The number of rotatable bonds is 5. The van der Waals surface area contributed by atoms with Crippen molar-refractivity contribution in [3.63, 3.8) is 0 Å². The molecule has 2 aromatic carbocycles. The van der Waals surface area contributed by atoms with E-state index in [0.29, 0.717) is 5.75 Å². The molecule has 4 nitrogen and oxygen atoms in total. The summed E-state index contributed by atoms with van der Waals surface area (Å²) in [4.78, 5) is 12.0. The number of aryl methyl sites for hydroxylation is 1. The van der Waals surface area contributed by atoms with Gasteiger partial charge in [0.15, 0.2) is 11.7 Å². The Balaban J connectivity index is 1.80. The van der Waals surface area contributed by atoms with E-state index in [-0.39, 0.29) is 23.7 Å². The van der Waals surface area contributed by atoms with Crippen molar-refractivity contribution in [1.82, 2.24) is 10.6 Å². The topological polar surface area (TPSA) is 50.4 Å². The van der Waals surface area contributed by atoms with Gasteiger partial charge in [0.25, 0.3) is 5.91 Å².